The fourth-order valence-corrected chi connectivity index (χ4v) is 3.90. The van der Waals surface area contributed by atoms with Crippen LogP contribution in [-0.4, -0.2) is 34.0 Å². The molecular weight excluding hydrogens is 457 g/mol. The van der Waals surface area contributed by atoms with Gasteiger partial charge in [-0.2, -0.15) is 13.2 Å². The smallest absolute Gasteiger partial charge is 0.433 e. The molecule has 0 radical (unpaired) electrons. The molecule has 3 heterocycles. The van der Waals surface area contributed by atoms with Crippen LogP contribution in [0.3, 0.4) is 0 Å². The van der Waals surface area contributed by atoms with Gasteiger partial charge in [-0.05, 0) is 60.7 Å². The lowest BCUT2D eigenvalue weighted by atomic mass is 9.91. The van der Waals surface area contributed by atoms with Crippen LogP contribution >= 0.6 is 0 Å². The number of carbonyl (C=O) groups is 1. The number of halogens is 3. The average Bonchev–Trinajstić information content (AvgIpc) is 2.80. The number of benzene rings is 1. The standard InChI is InChI=1S/C26H25F3N4O2/c1-17-10-21(14-30-13-17)32-25(34)33-9-8-20(18(2)16-33)11-19-4-3-5-22(12-19)35-23-6-7-24(31-15-23)26(27,28)29/h3-7,10-15,18H,8-9,16H2,1-2H3,(H,32,34)/b20-11+. The predicted molar refractivity (Wildman–Crippen MR) is 127 cm³/mol. The minimum absolute atomic E-state index is 0.149. The van der Waals surface area contributed by atoms with Gasteiger partial charge in [-0.15, -0.1) is 0 Å². The van der Waals surface area contributed by atoms with Gasteiger partial charge >= 0.3 is 12.2 Å². The average molecular weight is 483 g/mol. The number of piperidine rings is 1. The van der Waals surface area contributed by atoms with Gasteiger partial charge < -0.3 is 15.0 Å². The number of likely N-dealkylation sites (tertiary alicyclic amines) is 1. The zero-order chi connectivity index (χ0) is 25.0. The van der Waals surface area contributed by atoms with E-state index in [-0.39, 0.29) is 17.7 Å². The highest BCUT2D eigenvalue weighted by Gasteiger charge is 2.32. The summed E-state index contributed by atoms with van der Waals surface area (Å²) >= 11 is 0. The zero-order valence-electron chi connectivity index (χ0n) is 19.3. The molecule has 1 atom stereocenters. The van der Waals surface area contributed by atoms with E-state index >= 15 is 0 Å². The molecule has 35 heavy (non-hydrogen) atoms. The topological polar surface area (TPSA) is 67.4 Å². The van der Waals surface area contributed by atoms with Crippen LogP contribution in [0, 0.1) is 12.8 Å². The number of hydrogen-bond donors (Lipinski definition) is 1. The van der Waals surface area contributed by atoms with Crippen molar-refractivity contribution in [2.45, 2.75) is 26.4 Å². The van der Waals surface area contributed by atoms with Crippen LogP contribution in [0.15, 0.2) is 66.6 Å². The van der Waals surface area contributed by atoms with Crippen molar-refractivity contribution in [1.82, 2.24) is 14.9 Å². The van der Waals surface area contributed by atoms with Crippen LogP contribution in [-0.2, 0) is 6.18 Å². The first-order valence-corrected chi connectivity index (χ1v) is 11.2. The quantitative estimate of drug-likeness (QED) is 0.458. The highest BCUT2D eigenvalue weighted by molar-refractivity contribution is 5.89. The van der Waals surface area contributed by atoms with Gasteiger partial charge in [0.2, 0.25) is 0 Å². The molecule has 1 N–H and O–H groups in total. The molecule has 1 aromatic carbocycles. The van der Waals surface area contributed by atoms with Crippen molar-refractivity contribution in [2.75, 3.05) is 18.4 Å². The van der Waals surface area contributed by atoms with E-state index in [4.69, 9.17) is 4.74 Å². The fourth-order valence-electron chi connectivity index (χ4n) is 3.90. The van der Waals surface area contributed by atoms with Crippen LogP contribution in [0.1, 0.15) is 30.2 Å². The Hall–Kier alpha value is -3.88. The van der Waals surface area contributed by atoms with E-state index in [2.05, 4.69) is 28.3 Å². The Labute approximate surface area is 201 Å². The summed E-state index contributed by atoms with van der Waals surface area (Å²) < 4.78 is 43.8. The lowest BCUT2D eigenvalue weighted by Gasteiger charge is -2.33. The van der Waals surface area contributed by atoms with Gasteiger partial charge in [0.15, 0.2) is 0 Å². The minimum atomic E-state index is -4.49. The third-order valence-corrected chi connectivity index (χ3v) is 5.68. The first-order chi connectivity index (χ1) is 16.7. The Morgan fingerprint density at radius 1 is 1.14 bits per heavy atom. The van der Waals surface area contributed by atoms with Crippen molar-refractivity contribution in [3.8, 4) is 11.5 Å². The molecule has 4 rings (SSSR count). The summed E-state index contributed by atoms with van der Waals surface area (Å²) in [7, 11) is 0. The molecule has 0 aliphatic carbocycles. The van der Waals surface area contributed by atoms with Crippen molar-refractivity contribution in [3.63, 3.8) is 0 Å². The number of urea groups is 1. The van der Waals surface area contributed by atoms with Gasteiger partial charge in [-0.3, -0.25) is 4.98 Å². The van der Waals surface area contributed by atoms with Crippen LogP contribution in [0.4, 0.5) is 23.7 Å². The maximum atomic E-state index is 12.7. The summed E-state index contributed by atoms with van der Waals surface area (Å²) in [5.41, 5.74) is 2.80. The lowest BCUT2D eigenvalue weighted by Crippen LogP contribution is -2.42. The molecule has 9 heteroatoms. The van der Waals surface area contributed by atoms with Crippen molar-refractivity contribution < 1.29 is 22.7 Å². The van der Waals surface area contributed by atoms with E-state index in [9.17, 15) is 18.0 Å². The second-order valence-electron chi connectivity index (χ2n) is 8.55. The Morgan fingerprint density at radius 3 is 2.66 bits per heavy atom. The van der Waals surface area contributed by atoms with E-state index in [0.717, 1.165) is 29.8 Å². The van der Waals surface area contributed by atoms with E-state index in [0.29, 0.717) is 24.5 Å². The molecule has 0 saturated carbocycles. The molecule has 2 aromatic heterocycles. The van der Waals surface area contributed by atoms with Gasteiger partial charge in [0, 0.05) is 19.3 Å². The third kappa shape index (κ3) is 6.38. The first kappa shape index (κ1) is 24.3. The monoisotopic (exact) mass is 482 g/mol. The van der Waals surface area contributed by atoms with Gasteiger partial charge in [0.25, 0.3) is 0 Å². The SMILES string of the molecule is Cc1cncc(NC(=O)N2CC/C(=C\c3cccc(Oc4ccc(C(F)(F)F)nc4)c3)C(C)C2)c1. The third-order valence-electron chi connectivity index (χ3n) is 5.68. The Bertz CT molecular complexity index is 1230. The highest BCUT2D eigenvalue weighted by atomic mass is 19.4. The fraction of sp³-hybridized carbons (Fsp3) is 0.269. The maximum absolute atomic E-state index is 12.7. The molecule has 3 aromatic rings. The van der Waals surface area contributed by atoms with Gasteiger partial charge in [0.05, 0.1) is 18.1 Å². The summed E-state index contributed by atoms with van der Waals surface area (Å²) in [6.07, 6.45) is 2.73. The van der Waals surface area contributed by atoms with E-state index < -0.39 is 11.9 Å². The van der Waals surface area contributed by atoms with Crippen LogP contribution in [0.2, 0.25) is 0 Å². The number of aryl methyl sites for hydroxylation is 1. The molecular formula is C26H25F3N4O2. The number of alkyl halides is 3. The molecule has 1 fully saturated rings. The van der Waals surface area contributed by atoms with Gasteiger partial charge in [-0.1, -0.05) is 30.7 Å². The van der Waals surface area contributed by atoms with Crippen LogP contribution in [0.25, 0.3) is 6.08 Å². The summed E-state index contributed by atoms with van der Waals surface area (Å²) in [4.78, 5) is 22.0. The summed E-state index contributed by atoms with van der Waals surface area (Å²) in [6, 6.07) is 11.2. The minimum Gasteiger partial charge on any atom is -0.456 e. The molecule has 6 nitrogen and oxygen atoms in total. The number of carbonyl (C=O) groups excluding carboxylic acids is 1. The van der Waals surface area contributed by atoms with Crippen molar-refractivity contribution >= 4 is 17.8 Å². The number of hydrogen-bond acceptors (Lipinski definition) is 4. The Kier molecular flexibility index (Phi) is 7.04. The number of anilines is 1. The van der Waals surface area contributed by atoms with Crippen molar-refractivity contribution in [2.24, 2.45) is 5.92 Å². The lowest BCUT2D eigenvalue weighted by molar-refractivity contribution is -0.141. The number of rotatable bonds is 4. The van der Waals surface area contributed by atoms with Crippen LogP contribution < -0.4 is 10.1 Å². The largest absolute Gasteiger partial charge is 0.456 e. The van der Waals surface area contributed by atoms with Gasteiger partial charge in [-0.25, -0.2) is 9.78 Å². The molecule has 1 aliphatic rings. The summed E-state index contributed by atoms with van der Waals surface area (Å²) in [5.74, 6) is 0.880. The number of pyridine rings is 2. The summed E-state index contributed by atoms with van der Waals surface area (Å²) in [6.45, 7) is 5.18. The van der Waals surface area contributed by atoms with Crippen LogP contribution in [0.5, 0.6) is 11.5 Å². The molecule has 1 unspecified atom stereocenters. The Balaban J connectivity index is 1.38. The molecule has 1 saturated heterocycles. The van der Waals surface area contributed by atoms with E-state index in [1.54, 1.807) is 23.4 Å². The Morgan fingerprint density at radius 2 is 1.97 bits per heavy atom. The molecule has 1 aliphatic heterocycles. The second kappa shape index (κ2) is 10.2. The number of nitrogens with zero attached hydrogens (tertiary/aromatic N) is 3. The molecule has 0 bridgehead atoms. The predicted octanol–water partition coefficient (Wildman–Crippen LogP) is 6.55. The maximum Gasteiger partial charge on any atom is 0.433 e. The normalized spacial score (nSPS) is 17.3. The van der Waals surface area contributed by atoms with E-state index in [1.807, 2.05) is 31.2 Å². The van der Waals surface area contributed by atoms with Crippen molar-refractivity contribution in [1.29, 1.82) is 0 Å². The van der Waals surface area contributed by atoms with Crippen molar-refractivity contribution in [3.05, 3.63) is 83.4 Å². The molecule has 182 valence electrons. The first-order valence-electron chi connectivity index (χ1n) is 11.2. The number of aromatic nitrogens is 2. The molecule has 2 amide bonds. The number of nitrogens with one attached hydrogen (secondary N) is 1. The number of ether oxygens (including phenoxy) is 1. The van der Waals surface area contributed by atoms with E-state index in [1.165, 1.54) is 11.6 Å². The zero-order valence-corrected chi connectivity index (χ0v) is 19.3. The number of amides is 2. The second-order valence-corrected chi connectivity index (χ2v) is 8.55. The summed E-state index contributed by atoms with van der Waals surface area (Å²) in [5, 5.41) is 2.90. The van der Waals surface area contributed by atoms with Gasteiger partial charge in [0.1, 0.15) is 17.2 Å². The highest BCUT2D eigenvalue weighted by Crippen LogP contribution is 2.30. The molecule has 0 spiro atoms.